The zero-order valence-corrected chi connectivity index (χ0v) is 9.47. The van der Waals surface area contributed by atoms with E-state index >= 15 is 0 Å². The lowest BCUT2D eigenvalue weighted by molar-refractivity contribution is -0.117. The van der Waals surface area contributed by atoms with Gasteiger partial charge in [0, 0.05) is 24.6 Å². The van der Waals surface area contributed by atoms with Gasteiger partial charge in [0.2, 0.25) is 0 Å². The topological polar surface area (TPSA) is 56.0 Å². The van der Waals surface area contributed by atoms with E-state index in [2.05, 4.69) is 4.98 Å². The molecule has 1 heterocycles. The van der Waals surface area contributed by atoms with Crippen molar-refractivity contribution in [3.63, 3.8) is 0 Å². The SMILES string of the molecule is Nc1ncccc1CC(=O)Cc1ccccc1. The van der Waals surface area contributed by atoms with Crippen LogP contribution in [0.15, 0.2) is 48.7 Å². The molecule has 1 aromatic carbocycles. The molecule has 17 heavy (non-hydrogen) atoms. The molecule has 0 unspecified atom stereocenters. The van der Waals surface area contributed by atoms with Crippen molar-refractivity contribution in [1.29, 1.82) is 0 Å². The van der Waals surface area contributed by atoms with Crippen LogP contribution in [0.3, 0.4) is 0 Å². The van der Waals surface area contributed by atoms with Gasteiger partial charge < -0.3 is 5.73 Å². The van der Waals surface area contributed by atoms with E-state index in [0.29, 0.717) is 18.7 Å². The van der Waals surface area contributed by atoms with Gasteiger partial charge in [-0.2, -0.15) is 0 Å². The van der Waals surface area contributed by atoms with E-state index in [0.717, 1.165) is 11.1 Å². The van der Waals surface area contributed by atoms with Gasteiger partial charge in [-0.3, -0.25) is 4.79 Å². The number of hydrogen-bond donors (Lipinski definition) is 1. The number of aromatic nitrogens is 1. The minimum atomic E-state index is 0.149. The summed E-state index contributed by atoms with van der Waals surface area (Å²) in [5, 5.41) is 0. The minimum absolute atomic E-state index is 0.149. The van der Waals surface area contributed by atoms with Crippen LogP contribution in [0.1, 0.15) is 11.1 Å². The summed E-state index contributed by atoms with van der Waals surface area (Å²) >= 11 is 0. The predicted octanol–water partition coefficient (Wildman–Crippen LogP) is 2.02. The monoisotopic (exact) mass is 226 g/mol. The molecule has 0 saturated heterocycles. The van der Waals surface area contributed by atoms with Gasteiger partial charge in [0.05, 0.1) is 0 Å². The fourth-order valence-electron chi connectivity index (χ4n) is 1.70. The molecular formula is C14H14N2O. The Morgan fingerprint density at radius 1 is 1.06 bits per heavy atom. The first-order chi connectivity index (χ1) is 8.25. The van der Waals surface area contributed by atoms with Crippen molar-refractivity contribution < 1.29 is 4.79 Å². The van der Waals surface area contributed by atoms with Crippen LogP contribution in [-0.2, 0) is 17.6 Å². The van der Waals surface area contributed by atoms with Crippen molar-refractivity contribution in [2.24, 2.45) is 0 Å². The van der Waals surface area contributed by atoms with E-state index < -0.39 is 0 Å². The second-order valence-corrected chi connectivity index (χ2v) is 3.93. The van der Waals surface area contributed by atoms with Crippen molar-refractivity contribution in [2.45, 2.75) is 12.8 Å². The first-order valence-electron chi connectivity index (χ1n) is 5.50. The molecule has 3 nitrogen and oxygen atoms in total. The molecule has 0 bridgehead atoms. The Hall–Kier alpha value is -2.16. The molecular weight excluding hydrogens is 212 g/mol. The van der Waals surface area contributed by atoms with Crippen LogP contribution in [0, 0.1) is 0 Å². The fraction of sp³-hybridized carbons (Fsp3) is 0.143. The molecule has 0 aliphatic carbocycles. The predicted molar refractivity (Wildman–Crippen MR) is 67.5 cm³/mol. The highest BCUT2D eigenvalue weighted by Gasteiger charge is 2.07. The summed E-state index contributed by atoms with van der Waals surface area (Å²) in [6.45, 7) is 0. The van der Waals surface area contributed by atoms with Crippen LogP contribution in [0.4, 0.5) is 5.82 Å². The Morgan fingerprint density at radius 2 is 1.82 bits per heavy atom. The van der Waals surface area contributed by atoms with Crippen LogP contribution in [-0.4, -0.2) is 10.8 Å². The third kappa shape index (κ3) is 3.14. The summed E-state index contributed by atoms with van der Waals surface area (Å²) in [6.07, 6.45) is 2.41. The summed E-state index contributed by atoms with van der Waals surface area (Å²) in [7, 11) is 0. The molecule has 0 saturated carbocycles. The number of nitrogen functional groups attached to an aromatic ring is 1. The summed E-state index contributed by atoms with van der Waals surface area (Å²) < 4.78 is 0. The number of ketones is 1. The highest BCUT2D eigenvalue weighted by Crippen LogP contribution is 2.10. The van der Waals surface area contributed by atoms with Crippen LogP contribution < -0.4 is 5.73 Å². The molecule has 86 valence electrons. The molecule has 1 aromatic heterocycles. The van der Waals surface area contributed by atoms with Gasteiger partial charge >= 0.3 is 0 Å². The number of Topliss-reactive ketones (excluding diaryl/α,β-unsaturated/α-hetero) is 1. The number of pyridine rings is 1. The number of anilines is 1. The molecule has 0 spiro atoms. The maximum absolute atomic E-state index is 11.9. The Morgan fingerprint density at radius 3 is 2.53 bits per heavy atom. The summed E-state index contributed by atoms with van der Waals surface area (Å²) in [6, 6.07) is 13.3. The number of nitrogens with zero attached hydrogens (tertiary/aromatic N) is 1. The molecule has 0 aliphatic rings. The second kappa shape index (κ2) is 5.25. The van der Waals surface area contributed by atoms with E-state index in [1.54, 1.807) is 12.3 Å². The van der Waals surface area contributed by atoms with E-state index in [4.69, 9.17) is 5.73 Å². The smallest absolute Gasteiger partial charge is 0.141 e. The minimum Gasteiger partial charge on any atom is -0.383 e. The van der Waals surface area contributed by atoms with E-state index in [9.17, 15) is 4.79 Å². The molecule has 0 amide bonds. The number of hydrogen-bond acceptors (Lipinski definition) is 3. The maximum Gasteiger partial charge on any atom is 0.141 e. The number of nitrogens with two attached hydrogens (primary N) is 1. The van der Waals surface area contributed by atoms with Gasteiger partial charge in [0.25, 0.3) is 0 Å². The van der Waals surface area contributed by atoms with Gasteiger partial charge in [-0.15, -0.1) is 0 Å². The molecule has 3 heteroatoms. The Labute approximate surface area is 100 Å². The molecule has 2 N–H and O–H groups in total. The second-order valence-electron chi connectivity index (χ2n) is 3.93. The number of carbonyl (C=O) groups is 1. The van der Waals surface area contributed by atoms with Gasteiger partial charge in [0.15, 0.2) is 0 Å². The lowest BCUT2D eigenvalue weighted by atomic mass is 10.0. The zero-order chi connectivity index (χ0) is 12.1. The highest BCUT2D eigenvalue weighted by molar-refractivity contribution is 5.84. The number of carbonyl (C=O) groups excluding carboxylic acids is 1. The normalized spacial score (nSPS) is 10.1. The van der Waals surface area contributed by atoms with Crippen molar-refractivity contribution in [1.82, 2.24) is 4.98 Å². The first-order valence-corrected chi connectivity index (χ1v) is 5.50. The third-order valence-electron chi connectivity index (χ3n) is 2.56. The highest BCUT2D eigenvalue weighted by atomic mass is 16.1. The largest absolute Gasteiger partial charge is 0.383 e. The zero-order valence-electron chi connectivity index (χ0n) is 9.47. The lowest BCUT2D eigenvalue weighted by Gasteiger charge is -2.03. The molecule has 0 radical (unpaired) electrons. The van der Waals surface area contributed by atoms with Crippen molar-refractivity contribution in [2.75, 3.05) is 5.73 Å². The maximum atomic E-state index is 11.9. The Bertz CT molecular complexity index is 509. The summed E-state index contributed by atoms with van der Waals surface area (Å²) in [5.41, 5.74) is 7.53. The first kappa shape index (κ1) is 11.3. The average molecular weight is 226 g/mol. The van der Waals surface area contributed by atoms with Gasteiger partial charge in [-0.1, -0.05) is 36.4 Å². The quantitative estimate of drug-likeness (QED) is 0.867. The van der Waals surface area contributed by atoms with Crippen molar-refractivity contribution in [3.8, 4) is 0 Å². The summed E-state index contributed by atoms with van der Waals surface area (Å²) in [5.74, 6) is 0.588. The Kier molecular flexibility index (Phi) is 3.50. The molecule has 0 atom stereocenters. The van der Waals surface area contributed by atoms with Crippen LogP contribution in [0.2, 0.25) is 0 Å². The van der Waals surface area contributed by atoms with Crippen LogP contribution >= 0.6 is 0 Å². The molecule has 2 rings (SSSR count). The van der Waals surface area contributed by atoms with Crippen LogP contribution in [0.5, 0.6) is 0 Å². The fourth-order valence-corrected chi connectivity index (χ4v) is 1.70. The van der Waals surface area contributed by atoms with Gasteiger partial charge in [0.1, 0.15) is 11.6 Å². The third-order valence-corrected chi connectivity index (χ3v) is 2.56. The van der Waals surface area contributed by atoms with E-state index in [1.165, 1.54) is 0 Å². The van der Waals surface area contributed by atoms with Gasteiger partial charge in [-0.05, 0) is 11.6 Å². The van der Waals surface area contributed by atoms with Gasteiger partial charge in [-0.25, -0.2) is 4.98 Å². The number of rotatable bonds is 4. The molecule has 2 aromatic rings. The van der Waals surface area contributed by atoms with E-state index in [1.807, 2.05) is 36.4 Å². The van der Waals surface area contributed by atoms with Crippen LogP contribution in [0.25, 0.3) is 0 Å². The number of benzene rings is 1. The van der Waals surface area contributed by atoms with E-state index in [-0.39, 0.29) is 5.78 Å². The Balaban J connectivity index is 2.01. The molecule has 0 fully saturated rings. The van der Waals surface area contributed by atoms with Crippen molar-refractivity contribution in [3.05, 3.63) is 59.8 Å². The lowest BCUT2D eigenvalue weighted by Crippen LogP contribution is -2.08. The molecule has 0 aliphatic heterocycles. The average Bonchev–Trinajstić information content (AvgIpc) is 2.33. The standard InChI is InChI=1S/C14H14N2O/c15-14-12(7-4-8-16-14)10-13(17)9-11-5-2-1-3-6-11/h1-8H,9-10H2,(H2,15,16). The van der Waals surface area contributed by atoms with Crippen molar-refractivity contribution >= 4 is 11.6 Å². The summed E-state index contributed by atoms with van der Waals surface area (Å²) in [4.78, 5) is 15.8.